The molecule has 1 aromatic carbocycles. The topological polar surface area (TPSA) is 29.5 Å². The van der Waals surface area contributed by atoms with E-state index < -0.39 is 0 Å². The van der Waals surface area contributed by atoms with Crippen molar-refractivity contribution in [2.45, 2.75) is 19.3 Å². The fourth-order valence-electron chi connectivity index (χ4n) is 1.18. The van der Waals surface area contributed by atoms with Crippen molar-refractivity contribution in [3.8, 4) is 11.5 Å². The predicted molar refractivity (Wildman–Crippen MR) is 61.5 cm³/mol. The molecule has 0 aliphatic carbocycles. The maximum atomic E-state index is 9.44. The van der Waals surface area contributed by atoms with Gasteiger partial charge in [-0.2, -0.15) is 0 Å². The van der Waals surface area contributed by atoms with Crippen molar-refractivity contribution >= 4 is 15.9 Å². The second-order valence-corrected chi connectivity index (χ2v) is 4.46. The average molecular weight is 259 g/mol. The Hall–Kier alpha value is -0.700. The number of aromatic hydroxyl groups is 1. The zero-order valence-corrected chi connectivity index (χ0v) is 10.3. The first-order valence-electron chi connectivity index (χ1n) is 4.44. The van der Waals surface area contributed by atoms with Crippen LogP contribution in [0.1, 0.15) is 19.4 Å². The van der Waals surface area contributed by atoms with Crippen LogP contribution >= 0.6 is 15.9 Å². The molecular weight excluding hydrogens is 244 g/mol. The van der Waals surface area contributed by atoms with Crippen molar-refractivity contribution < 1.29 is 9.84 Å². The number of hydrogen-bond acceptors (Lipinski definition) is 2. The van der Waals surface area contributed by atoms with Crippen LogP contribution < -0.4 is 4.74 Å². The summed E-state index contributed by atoms with van der Waals surface area (Å²) < 4.78 is 5.06. The molecular formula is C11H15BrO2. The zero-order chi connectivity index (χ0) is 10.8. The quantitative estimate of drug-likeness (QED) is 0.845. The summed E-state index contributed by atoms with van der Waals surface area (Å²) in [7, 11) is 1.56. The summed E-state index contributed by atoms with van der Waals surface area (Å²) in [6.45, 7) is 4.27. The normalized spacial score (nSPS) is 11.4. The van der Waals surface area contributed by atoms with Crippen molar-refractivity contribution in [3.63, 3.8) is 0 Å². The summed E-state index contributed by atoms with van der Waals surface area (Å²) in [6.07, 6.45) is 0. The van der Waals surface area contributed by atoms with Gasteiger partial charge in [-0.25, -0.2) is 0 Å². The number of alkyl halides is 1. The number of phenols is 1. The van der Waals surface area contributed by atoms with Crippen molar-refractivity contribution in [1.82, 2.24) is 0 Å². The highest BCUT2D eigenvalue weighted by molar-refractivity contribution is 9.09. The van der Waals surface area contributed by atoms with Crippen LogP contribution in [0.15, 0.2) is 18.2 Å². The molecule has 1 rings (SSSR count). The first-order valence-corrected chi connectivity index (χ1v) is 5.57. The van der Waals surface area contributed by atoms with E-state index in [1.807, 2.05) is 12.1 Å². The van der Waals surface area contributed by atoms with E-state index in [1.165, 1.54) is 0 Å². The van der Waals surface area contributed by atoms with Crippen LogP contribution in [0.3, 0.4) is 0 Å². The summed E-state index contributed by atoms with van der Waals surface area (Å²) in [5.41, 5.74) is 1.19. The third kappa shape index (κ3) is 2.21. The Morgan fingerprint density at radius 2 is 2.07 bits per heavy atom. The summed E-state index contributed by atoms with van der Waals surface area (Å²) in [4.78, 5) is 0. The number of halogens is 1. The second kappa shape index (κ2) is 4.22. The molecule has 2 nitrogen and oxygen atoms in total. The van der Waals surface area contributed by atoms with E-state index in [9.17, 15) is 5.11 Å². The molecule has 0 unspecified atom stereocenters. The van der Waals surface area contributed by atoms with Gasteiger partial charge >= 0.3 is 0 Å². The van der Waals surface area contributed by atoms with Gasteiger partial charge < -0.3 is 9.84 Å². The third-order valence-corrected chi connectivity index (χ3v) is 3.70. The van der Waals surface area contributed by atoms with Gasteiger partial charge in [0.25, 0.3) is 0 Å². The molecule has 0 amide bonds. The monoisotopic (exact) mass is 258 g/mol. The van der Waals surface area contributed by atoms with Gasteiger partial charge in [0.2, 0.25) is 0 Å². The smallest absolute Gasteiger partial charge is 0.160 e. The lowest BCUT2D eigenvalue weighted by atomic mass is 9.87. The fraction of sp³-hybridized carbons (Fsp3) is 0.455. The number of rotatable bonds is 3. The molecule has 0 aliphatic rings. The Labute approximate surface area is 93.0 Å². The highest BCUT2D eigenvalue weighted by atomic mass is 79.9. The fourth-order valence-corrected chi connectivity index (χ4v) is 1.50. The molecule has 0 heterocycles. The second-order valence-electron chi connectivity index (χ2n) is 3.90. The summed E-state index contributed by atoms with van der Waals surface area (Å²) >= 11 is 3.47. The summed E-state index contributed by atoms with van der Waals surface area (Å²) in [5.74, 6) is 0.707. The minimum atomic E-state index is 0.0426. The van der Waals surface area contributed by atoms with Crippen LogP contribution in [-0.2, 0) is 5.41 Å². The number of hydrogen-bond donors (Lipinski definition) is 1. The number of methoxy groups -OCH3 is 1. The Balaban J connectivity index is 3.12. The van der Waals surface area contributed by atoms with Crippen LogP contribution in [0, 0.1) is 0 Å². The molecule has 1 N–H and O–H groups in total. The molecule has 0 saturated carbocycles. The first-order chi connectivity index (χ1) is 6.51. The van der Waals surface area contributed by atoms with E-state index >= 15 is 0 Å². The third-order valence-electron chi connectivity index (χ3n) is 2.30. The van der Waals surface area contributed by atoms with E-state index in [4.69, 9.17) is 4.74 Å². The van der Waals surface area contributed by atoms with Gasteiger partial charge in [-0.3, -0.25) is 0 Å². The predicted octanol–water partition coefficient (Wildman–Crippen LogP) is 3.07. The number of benzene rings is 1. The van der Waals surface area contributed by atoms with E-state index in [2.05, 4.69) is 29.8 Å². The van der Waals surface area contributed by atoms with Crippen LogP contribution in [-0.4, -0.2) is 17.5 Å². The van der Waals surface area contributed by atoms with E-state index in [0.717, 1.165) is 10.9 Å². The van der Waals surface area contributed by atoms with Gasteiger partial charge in [-0.05, 0) is 23.1 Å². The number of ether oxygens (including phenoxy) is 1. The Kier molecular flexibility index (Phi) is 3.43. The molecule has 0 bridgehead atoms. The van der Waals surface area contributed by atoms with Crippen molar-refractivity contribution in [2.24, 2.45) is 0 Å². The summed E-state index contributed by atoms with van der Waals surface area (Å²) in [6, 6.07) is 5.45. The Morgan fingerprint density at radius 1 is 1.43 bits per heavy atom. The van der Waals surface area contributed by atoms with Crippen molar-refractivity contribution in [1.29, 1.82) is 0 Å². The standard InChI is InChI=1S/C11H15BrO2/c1-11(2,7-12)8-4-5-9(13)10(6-8)14-3/h4-6,13H,7H2,1-3H3. The average Bonchev–Trinajstić information content (AvgIpc) is 2.18. The van der Waals surface area contributed by atoms with Crippen molar-refractivity contribution in [2.75, 3.05) is 12.4 Å². The van der Waals surface area contributed by atoms with E-state index in [1.54, 1.807) is 13.2 Å². The maximum absolute atomic E-state index is 9.44. The molecule has 3 heteroatoms. The highest BCUT2D eigenvalue weighted by Crippen LogP contribution is 2.33. The lowest BCUT2D eigenvalue weighted by Gasteiger charge is -2.22. The molecule has 0 atom stereocenters. The molecule has 1 aromatic rings. The van der Waals surface area contributed by atoms with Gasteiger partial charge in [0.05, 0.1) is 7.11 Å². The van der Waals surface area contributed by atoms with Crippen LogP contribution in [0.2, 0.25) is 0 Å². The van der Waals surface area contributed by atoms with Crippen LogP contribution in [0.25, 0.3) is 0 Å². The van der Waals surface area contributed by atoms with Gasteiger partial charge in [-0.1, -0.05) is 35.8 Å². The molecule has 0 saturated heterocycles. The van der Waals surface area contributed by atoms with Crippen molar-refractivity contribution in [3.05, 3.63) is 23.8 Å². The Morgan fingerprint density at radius 3 is 2.57 bits per heavy atom. The van der Waals surface area contributed by atoms with Crippen LogP contribution in [0.5, 0.6) is 11.5 Å². The Bertz CT molecular complexity index is 321. The van der Waals surface area contributed by atoms with E-state index in [-0.39, 0.29) is 11.2 Å². The molecule has 14 heavy (non-hydrogen) atoms. The highest BCUT2D eigenvalue weighted by Gasteiger charge is 2.20. The molecule has 0 radical (unpaired) electrons. The van der Waals surface area contributed by atoms with Gasteiger partial charge in [0.15, 0.2) is 11.5 Å². The SMILES string of the molecule is COc1cc(C(C)(C)CBr)ccc1O. The van der Waals surface area contributed by atoms with Gasteiger partial charge in [-0.15, -0.1) is 0 Å². The zero-order valence-electron chi connectivity index (χ0n) is 8.67. The molecule has 78 valence electrons. The van der Waals surface area contributed by atoms with Gasteiger partial charge in [0, 0.05) is 5.33 Å². The molecule has 0 aromatic heterocycles. The molecule has 0 spiro atoms. The first kappa shape index (κ1) is 11.4. The lowest BCUT2D eigenvalue weighted by Crippen LogP contribution is -2.18. The minimum Gasteiger partial charge on any atom is -0.504 e. The van der Waals surface area contributed by atoms with E-state index in [0.29, 0.717) is 5.75 Å². The summed E-state index contributed by atoms with van der Waals surface area (Å²) in [5, 5.41) is 10.3. The largest absolute Gasteiger partial charge is 0.504 e. The maximum Gasteiger partial charge on any atom is 0.160 e. The van der Waals surface area contributed by atoms with Gasteiger partial charge in [0.1, 0.15) is 0 Å². The lowest BCUT2D eigenvalue weighted by molar-refractivity contribution is 0.372. The van der Waals surface area contributed by atoms with Crippen LogP contribution in [0.4, 0.5) is 0 Å². The molecule has 0 aliphatic heterocycles. The minimum absolute atomic E-state index is 0.0426. The number of phenolic OH excluding ortho intramolecular Hbond substituents is 1. The molecule has 0 fully saturated rings.